The third-order valence-electron chi connectivity index (χ3n) is 6.37. The van der Waals surface area contributed by atoms with Crippen LogP contribution in [0.15, 0.2) is 65.5 Å². The minimum Gasteiger partial charge on any atom is -0.293 e. The van der Waals surface area contributed by atoms with Gasteiger partial charge in [-0.15, -0.1) is 11.3 Å². The van der Waals surface area contributed by atoms with Gasteiger partial charge in [-0.1, -0.05) is 60.7 Å². The minimum atomic E-state index is -0.209. The van der Waals surface area contributed by atoms with E-state index in [0.29, 0.717) is 6.54 Å². The van der Waals surface area contributed by atoms with E-state index >= 15 is 0 Å². The predicted molar refractivity (Wildman–Crippen MR) is 133 cm³/mol. The molecule has 168 valence electrons. The second kappa shape index (κ2) is 9.04. The molecule has 2 aromatic carbocycles. The van der Waals surface area contributed by atoms with Gasteiger partial charge >= 0.3 is 0 Å². The molecule has 1 aliphatic heterocycles. The Morgan fingerprint density at radius 3 is 2.15 bits per heavy atom. The Hall–Kier alpha value is -3.09. The van der Waals surface area contributed by atoms with Gasteiger partial charge in [0.25, 0.3) is 5.56 Å². The van der Waals surface area contributed by atoms with Crippen molar-refractivity contribution in [3.8, 4) is 0 Å². The van der Waals surface area contributed by atoms with E-state index in [0.717, 1.165) is 58.4 Å². The number of aryl methyl sites for hydroxylation is 3. The summed E-state index contributed by atoms with van der Waals surface area (Å²) in [6, 6.07) is 20.3. The third kappa shape index (κ3) is 4.28. The van der Waals surface area contributed by atoms with Gasteiger partial charge in [0.2, 0.25) is 0 Å². The summed E-state index contributed by atoms with van der Waals surface area (Å²) in [5.74, 6) is 0.763. The summed E-state index contributed by atoms with van der Waals surface area (Å²) in [6.45, 7) is 8.42. The average molecular weight is 457 g/mol. The van der Waals surface area contributed by atoms with E-state index in [1.54, 1.807) is 11.3 Å². The van der Waals surface area contributed by atoms with Crippen molar-refractivity contribution in [2.24, 2.45) is 0 Å². The maximum Gasteiger partial charge on any atom is 0.259 e. The molecule has 2 aromatic heterocycles. The van der Waals surface area contributed by atoms with Crippen LogP contribution >= 0.6 is 11.3 Å². The number of hydrogen-bond donors (Lipinski definition) is 0. The standard InChI is InChI=1S/C27H28N4OS/c1-18-25(33-20(3)28-18)17-30-15-14-24-23(16-30)27(32)31(19(2)29-24)26(21-10-6-4-7-11-21)22-12-8-5-9-13-22/h4-13,26H,14-17H2,1-3H3. The van der Waals surface area contributed by atoms with Gasteiger partial charge in [-0.25, -0.2) is 9.97 Å². The first-order valence-corrected chi connectivity index (χ1v) is 12.2. The van der Waals surface area contributed by atoms with Crippen molar-refractivity contribution in [1.82, 2.24) is 19.4 Å². The van der Waals surface area contributed by atoms with E-state index in [9.17, 15) is 4.79 Å². The molecule has 5 rings (SSSR count). The molecule has 33 heavy (non-hydrogen) atoms. The zero-order chi connectivity index (χ0) is 22.9. The smallest absolute Gasteiger partial charge is 0.259 e. The van der Waals surface area contributed by atoms with E-state index in [4.69, 9.17) is 4.98 Å². The highest BCUT2D eigenvalue weighted by atomic mass is 32.1. The van der Waals surface area contributed by atoms with Crippen LogP contribution in [0.5, 0.6) is 0 Å². The number of thiazole rings is 1. The summed E-state index contributed by atoms with van der Waals surface area (Å²) >= 11 is 1.75. The van der Waals surface area contributed by atoms with Crippen LogP contribution in [0.1, 0.15) is 49.8 Å². The molecule has 5 nitrogen and oxygen atoms in total. The van der Waals surface area contributed by atoms with Gasteiger partial charge in [0.05, 0.1) is 28.0 Å². The summed E-state index contributed by atoms with van der Waals surface area (Å²) in [4.78, 5) is 27.1. The molecule has 0 N–H and O–H groups in total. The topological polar surface area (TPSA) is 51.0 Å². The Labute approximate surface area is 198 Å². The zero-order valence-corrected chi connectivity index (χ0v) is 20.1. The molecule has 4 aromatic rings. The number of hydrogen-bond acceptors (Lipinski definition) is 5. The molecule has 0 atom stereocenters. The normalized spacial score (nSPS) is 13.9. The average Bonchev–Trinajstić information content (AvgIpc) is 3.14. The fourth-order valence-corrected chi connectivity index (χ4v) is 5.77. The van der Waals surface area contributed by atoms with Crippen molar-refractivity contribution in [2.45, 2.75) is 46.3 Å². The number of rotatable bonds is 5. The van der Waals surface area contributed by atoms with Gasteiger partial charge in [0, 0.05) is 30.9 Å². The lowest BCUT2D eigenvalue weighted by Gasteiger charge is -2.30. The lowest BCUT2D eigenvalue weighted by Crippen LogP contribution is -2.40. The third-order valence-corrected chi connectivity index (χ3v) is 7.43. The zero-order valence-electron chi connectivity index (χ0n) is 19.3. The van der Waals surface area contributed by atoms with Gasteiger partial charge in [-0.2, -0.15) is 0 Å². The Morgan fingerprint density at radius 2 is 1.58 bits per heavy atom. The van der Waals surface area contributed by atoms with Crippen LogP contribution in [0, 0.1) is 20.8 Å². The van der Waals surface area contributed by atoms with Crippen molar-refractivity contribution in [3.63, 3.8) is 0 Å². The molecular weight excluding hydrogens is 428 g/mol. The molecule has 0 spiro atoms. The van der Waals surface area contributed by atoms with E-state index in [1.165, 1.54) is 4.88 Å². The number of benzene rings is 2. The first-order valence-electron chi connectivity index (χ1n) is 11.4. The van der Waals surface area contributed by atoms with E-state index in [-0.39, 0.29) is 11.6 Å². The number of fused-ring (bicyclic) bond motifs is 1. The highest BCUT2D eigenvalue weighted by molar-refractivity contribution is 7.11. The van der Waals surface area contributed by atoms with Crippen molar-refractivity contribution < 1.29 is 0 Å². The second-order valence-corrected chi connectivity index (χ2v) is 9.97. The lowest BCUT2D eigenvalue weighted by atomic mass is 9.97. The molecule has 0 saturated heterocycles. The molecule has 0 amide bonds. The van der Waals surface area contributed by atoms with Crippen molar-refractivity contribution >= 4 is 11.3 Å². The highest BCUT2D eigenvalue weighted by Gasteiger charge is 2.27. The molecule has 3 heterocycles. The summed E-state index contributed by atoms with van der Waals surface area (Å²) in [6.07, 6.45) is 0.796. The van der Waals surface area contributed by atoms with Gasteiger partial charge in [-0.3, -0.25) is 14.3 Å². The molecule has 0 saturated carbocycles. The summed E-state index contributed by atoms with van der Waals surface area (Å²) in [5, 5.41) is 1.09. The highest BCUT2D eigenvalue weighted by Crippen LogP contribution is 2.28. The minimum absolute atomic E-state index is 0.0668. The first-order chi connectivity index (χ1) is 16.0. The molecule has 1 aliphatic rings. The van der Waals surface area contributed by atoms with Crippen LogP contribution in [0.3, 0.4) is 0 Å². The van der Waals surface area contributed by atoms with Crippen LogP contribution in [0.4, 0.5) is 0 Å². The molecule has 0 radical (unpaired) electrons. The van der Waals surface area contributed by atoms with Crippen molar-refractivity contribution in [2.75, 3.05) is 6.54 Å². The summed E-state index contributed by atoms with van der Waals surface area (Å²) < 4.78 is 1.88. The number of aromatic nitrogens is 3. The monoisotopic (exact) mass is 456 g/mol. The largest absolute Gasteiger partial charge is 0.293 e. The maximum absolute atomic E-state index is 14.0. The van der Waals surface area contributed by atoms with E-state index < -0.39 is 0 Å². The van der Waals surface area contributed by atoms with Crippen LogP contribution < -0.4 is 5.56 Å². The molecule has 0 bridgehead atoms. The molecular formula is C27H28N4OS. The molecule has 0 aliphatic carbocycles. The second-order valence-electron chi connectivity index (χ2n) is 8.69. The summed E-state index contributed by atoms with van der Waals surface area (Å²) in [7, 11) is 0. The van der Waals surface area contributed by atoms with Crippen LogP contribution in [-0.2, 0) is 19.5 Å². The lowest BCUT2D eigenvalue weighted by molar-refractivity contribution is 0.241. The van der Waals surface area contributed by atoms with Crippen molar-refractivity contribution in [3.05, 3.63) is 115 Å². The predicted octanol–water partition coefficient (Wildman–Crippen LogP) is 4.82. The first kappa shape index (κ1) is 21.7. The van der Waals surface area contributed by atoms with Crippen LogP contribution in [0.2, 0.25) is 0 Å². The van der Waals surface area contributed by atoms with Gasteiger partial charge < -0.3 is 0 Å². The Morgan fingerprint density at radius 1 is 0.939 bits per heavy atom. The van der Waals surface area contributed by atoms with Crippen LogP contribution in [-0.4, -0.2) is 26.0 Å². The quantitative estimate of drug-likeness (QED) is 0.432. The van der Waals surface area contributed by atoms with Gasteiger partial charge in [-0.05, 0) is 31.9 Å². The molecule has 0 fully saturated rings. The van der Waals surface area contributed by atoms with Gasteiger partial charge in [0.15, 0.2) is 0 Å². The Bertz CT molecular complexity index is 1290. The van der Waals surface area contributed by atoms with Crippen molar-refractivity contribution in [1.29, 1.82) is 0 Å². The van der Waals surface area contributed by atoms with Gasteiger partial charge in [0.1, 0.15) is 5.82 Å². The van der Waals surface area contributed by atoms with Crippen LogP contribution in [0.25, 0.3) is 0 Å². The fraction of sp³-hybridized carbons (Fsp3) is 0.296. The number of nitrogens with zero attached hydrogens (tertiary/aromatic N) is 4. The molecule has 6 heteroatoms. The fourth-order valence-electron chi connectivity index (χ4n) is 4.79. The maximum atomic E-state index is 14.0. The molecule has 0 unspecified atom stereocenters. The summed E-state index contributed by atoms with van der Waals surface area (Å²) in [5.41, 5.74) is 5.09. The van der Waals surface area contributed by atoms with E-state index in [1.807, 2.05) is 54.8 Å². The van der Waals surface area contributed by atoms with E-state index in [2.05, 4.69) is 41.1 Å². The SMILES string of the molecule is Cc1nc(C)c(CN2CCc3nc(C)n(C(c4ccccc4)c4ccccc4)c(=O)c3C2)s1. The Balaban J connectivity index is 1.57. The Kier molecular flexibility index (Phi) is 5.96.